The molecule has 112 valence electrons. The summed E-state index contributed by atoms with van der Waals surface area (Å²) in [6, 6.07) is 28.5. The minimum absolute atomic E-state index is 0.0313. The number of nitrogens with zero attached hydrogens (tertiary/aromatic N) is 2. The zero-order valence-corrected chi connectivity index (χ0v) is 13.1. The number of rotatable bonds is 4. The van der Waals surface area contributed by atoms with Crippen LogP contribution < -0.4 is 0 Å². The molecule has 1 atom stereocenters. The first-order chi connectivity index (χ1) is 11.3. The zero-order chi connectivity index (χ0) is 16.1. The van der Waals surface area contributed by atoms with Crippen molar-refractivity contribution < 1.29 is 4.79 Å². The molecule has 1 unspecified atom stereocenters. The van der Waals surface area contributed by atoms with E-state index in [2.05, 4.69) is 36.0 Å². The predicted molar refractivity (Wildman–Crippen MR) is 94.5 cm³/mol. The molecule has 0 fully saturated rings. The summed E-state index contributed by atoms with van der Waals surface area (Å²) in [5.41, 5.74) is 14.6. The Morgan fingerprint density at radius 3 is 1.83 bits per heavy atom. The molecule has 0 spiro atoms. The molecular formula is C21H18N2. The summed E-state index contributed by atoms with van der Waals surface area (Å²) >= 11 is 0. The first-order valence-corrected chi connectivity index (χ1v) is 7.72. The summed E-state index contributed by atoms with van der Waals surface area (Å²) in [5, 5.41) is 0. The molecule has 0 aliphatic heterocycles. The second kappa shape index (κ2) is 6.87. The fourth-order valence-electron chi connectivity index (χ4n) is 2.76. The maximum absolute atomic E-state index is 9.49. The van der Waals surface area contributed by atoms with E-state index < -0.39 is 0 Å². The van der Waals surface area contributed by atoms with Crippen LogP contribution in [0.3, 0.4) is 0 Å². The van der Waals surface area contributed by atoms with Crippen molar-refractivity contribution in [1.82, 2.24) is 0 Å². The Labute approximate surface area is 136 Å². The summed E-state index contributed by atoms with van der Waals surface area (Å²) in [4.78, 5) is 3.55. The lowest BCUT2D eigenvalue weighted by Crippen LogP contribution is -2.12. The highest BCUT2D eigenvalue weighted by Gasteiger charge is 2.22. The van der Waals surface area contributed by atoms with Gasteiger partial charge in [-0.2, -0.15) is 4.79 Å². The van der Waals surface area contributed by atoms with Gasteiger partial charge < -0.3 is 5.53 Å². The van der Waals surface area contributed by atoms with E-state index in [0.29, 0.717) is 5.71 Å². The molecule has 2 heteroatoms. The van der Waals surface area contributed by atoms with Crippen molar-refractivity contribution in [3.8, 4) is 11.1 Å². The van der Waals surface area contributed by atoms with Gasteiger partial charge in [-0.15, -0.1) is 0 Å². The van der Waals surface area contributed by atoms with E-state index in [1.807, 2.05) is 60.7 Å². The van der Waals surface area contributed by atoms with Gasteiger partial charge in [0.15, 0.2) is 0 Å². The number of benzene rings is 3. The van der Waals surface area contributed by atoms with Crippen LogP contribution in [0, 0.1) is 0 Å². The minimum Gasteiger partial charge on any atom is -0.361 e. The molecule has 23 heavy (non-hydrogen) atoms. The zero-order valence-electron chi connectivity index (χ0n) is 13.1. The van der Waals surface area contributed by atoms with Gasteiger partial charge in [-0.1, -0.05) is 72.8 Å². The van der Waals surface area contributed by atoms with Crippen molar-refractivity contribution in [3.05, 3.63) is 102 Å². The number of hydrogen-bond acceptors (Lipinski definition) is 0. The molecule has 0 amide bonds. The molecule has 0 aliphatic rings. The van der Waals surface area contributed by atoms with Crippen molar-refractivity contribution >= 4 is 5.71 Å². The van der Waals surface area contributed by atoms with Crippen molar-refractivity contribution in [2.24, 2.45) is 0 Å². The smallest absolute Gasteiger partial charge is 0.306 e. The lowest BCUT2D eigenvalue weighted by molar-refractivity contribution is -0.00817. The Morgan fingerprint density at radius 1 is 0.739 bits per heavy atom. The van der Waals surface area contributed by atoms with E-state index in [0.717, 1.165) is 16.7 Å². The van der Waals surface area contributed by atoms with Gasteiger partial charge in [-0.3, -0.25) is 0 Å². The van der Waals surface area contributed by atoms with E-state index in [4.69, 9.17) is 0 Å². The van der Waals surface area contributed by atoms with Gasteiger partial charge in [-0.25, -0.2) is 0 Å². The maximum atomic E-state index is 9.49. The monoisotopic (exact) mass is 298 g/mol. The van der Waals surface area contributed by atoms with E-state index >= 15 is 0 Å². The van der Waals surface area contributed by atoms with Crippen LogP contribution in [0.25, 0.3) is 16.7 Å². The molecule has 0 bridgehead atoms. The molecule has 3 rings (SSSR count). The Bertz CT molecular complexity index is 815. The highest BCUT2D eigenvalue weighted by molar-refractivity contribution is 6.01. The largest absolute Gasteiger partial charge is 0.361 e. The van der Waals surface area contributed by atoms with E-state index in [1.165, 1.54) is 5.56 Å². The maximum Gasteiger partial charge on any atom is 0.306 e. The van der Waals surface area contributed by atoms with Gasteiger partial charge >= 0.3 is 5.71 Å². The summed E-state index contributed by atoms with van der Waals surface area (Å²) in [5.74, 6) is 0.0313. The third kappa shape index (κ3) is 3.28. The molecule has 3 aromatic carbocycles. The highest BCUT2D eigenvalue weighted by Crippen LogP contribution is 2.23. The van der Waals surface area contributed by atoms with Gasteiger partial charge in [0.1, 0.15) is 0 Å². The summed E-state index contributed by atoms with van der Waals surface area (Å²) in [7, 11) is 0. The Kier molecular flexibility index (Phi) is 4.46. The molecule has 2 nitrogen and oxygen atoms in total. The van der Waals surface area contributed by atoms with Crippen LogP contribution in [-0.2, 0) is 0 Å². The standard InChI is InChI=1S/C21H18N2/c1-16(17-8-4-2-5-9-17)21(23-22)20-14-12-19(13-15-20)18-10-6-3-7-11-18/h2-16H,1H3. The van der Waals surface area contributed by atoms with Gasteiger partial charge in [0, 0.05) is 0 Å². The van der Waals surface area contributed by atoms with Crippen LogP contribution in [0.4, 0.5) is 0 Å². The summed E-state index contributed by atoms with van der Waals surface area (Å²) < 4.78 is 0. The third-order valence-electron chi connectivity index (χ3n) is 4.11. The Morgan fingerprint density at radius 2 is 1.26 bits per heavy atom. The topological polar surface area (TPSA) is 36.4 Å². The lowest BCUT2D eigenvalue weighted by Gasteiger charge is -2.08. The molecule has 0 aromatic heterocycles. The fraction of sp³-hybridized carbons (Fsp3) is 0.0952. The summed E-state index contributed by atoms with van der Waals surface area (Å²) in [6.45, 7) is 2.05. The van der Waals surface area contributed by atoms with Crippen LogP contribution in [0.5, 0.6) is 0 Å². The van der Waals surface area contributed by atoms with Crippen molar-refractivity contribution in [3.63, 3.8) is 0 Å². The van der Waals surface area contributed by atoms with Gasteiger partial charge in [-0.05, 0) is 35.7 Å². The molecule has 0 heterocycles. The van der Waals surface area contributed by atoms with E-state index in [-0.39, 0.29) is 5.92 Å². The average molecular weight is 298 g/mol. The highest BCUT2D eigenvalue weighted by atomic mass is 14.9. The van der Waals surface area contributed by atoms with Crippen LogP contribution in [-0.4, -0.2) is 10.5 Å². The van der Waals surface area contributed by atoms with Crippen LogP contribution >= 0.6 is 0 Å². The van der Waals surface area contributed by atoms with Crippen LogP contribution in [0.1, 0.15) is 24.0 Å². The Balaban J connectivity index is 1.90. The van der Waals surface area contributed by atoms with Crippen molar-refractivity contribution in [2.45, 2.75) is 12.8 Å². The SMILES string of the molecule is CC(C(=[N+]=[N-])c1ccc(-c2ccccc2)cc1)c1ccccc1. The molecule has 0 N–H and O–H groups in total. The molecule has 0 aliphatic carbocycles. The van der Waals surface area contributed by atoms with E-state index in [1.54, 1.807) is 0 Å². The van der Waals surface area contributed by atoms with Crippen molar-refractivity contribution in [1.29, 1.82) is 0 Å². The van der Waals surface area contributed by atoms with Crippen LogP contribution in [0.15, 0.2) is 84.9 Å². The van der Waals surface area contributed by atoms with Gasteiger partial charge in [0.2, 0.25) is 0 Å². The third-order valence-corrected chi connectivity index (χ3v) is 4.11. The average Bonchev–Trinajstić information content (AvgIpc) is 2.64. The fourth-order valence-corrected chi connectivity index (χ4v) is 2.76. The van der Waals surface area contributed by atoms with Gasteiger partial charge in [0.25, 0.3) is 0 Å². The molecular weight excluding hydrogens is 280 g/mol. The molecule has 0 saturated heterocycles. The molecule has 0 radical (unpaired) electrons. The molecule has 0 saturated carbocycles. The lowest BCUT2D eigenvalue weighted by atomic mass is 9.91. The second-order valence-corrected chi connectivity index (χ2v) is 5.56. The normalized spacial score (nSPS) is 11.5. The van der Waals surface area contributed by atoms with Gasteiger partial charge in [0.05, 0.1) is 11.5 Å². The first kappa shape index (κ1) is 15.0. The van der Waals surface area contributed by atoms with Crippen molar-refractivity contribution in [2.75, 3.05) is 0 Å². The van der Waals surface area contributed by atoms with E-state index in [9.17, 15) is 5.53 Å². The Hall–Kier alpha value is -2.96. The molecule has 3 aromatic rings. The number of hydrogen-bond donors (Lipinski definition) is 0. The second-order valence-electron chi connectivity index (χ2n) is 5.56. The first-order valence-electron chi connectivity index (χ1n) is 7.72. The quantitative estimate of drug-likeness (QED) is 0.362. The van der Waals surface area contributed by atoms with Crippen LogP contribution in [0.2, 0.25) is 0 Å². The minimum atomic E-state index is 0.0313. The summed E-state index contributed by atoms with van der Waals surface area (Å²) in [6.07, 6.45) is 0. The predicted octanol–water partition coefficient (Wildman–Crippen LogP) is 5.18.